The molecule has 0 amide bonds. The van der Waals surface area contributed by atoms with Gasteiger partial charge in [-0.05, 0) is 36.8 Å². The van der Waals surface area contributed by atoms with E-state index in [0.717, 1.165) is 6.07 Å². The van der Waals surface area contributed by atoms with Crippen molar-refractivity contribution in [3.8, 4) is 28.3 Å². The number of ether oxygens (including phenoxy) is 2. The van der Waals surface area contributed by atoms with Crippen molar-refractivity contribution in [1.29, 1.82) is 0 Å². The normalized spacial score (nSPS) is 11.8. The van der Waals surface area contributed by atoms with Crippen molar-refractivity contribution in [2.45, 2.75) is 26.2 Å². The highest BCUT2D eigenvalue weighted by Crippen LogP contribution is 2.47. The minimum atomic E-state index is -1.28. The summed E-state index contributed by atoms with van der Waals surface area (Å²) < 4.78 is 57.0. The average Bonchev–Trinajstić information content (AvgIpc) is 3.17. The van der Waals surface area contributed by atoms with Gasteiger partial charge in [-0.3, -0.25) is 0 Å². The summed E-state index contributed by atoms with van der Waals surface area (Å²) in [6, 6.07) is 8.80. The lowest BCUT2D eigenvalue weighted by Crippen LogP contribution is -2.27. The Hall–Kier alpha value is -3.98. The van der Waals surface area contributed by atoms with Crippen LogP contribution >= 0.6 is 0 Å². The zero-order valence-corrected chi connectivity index (χ0v) is 20.9. The first-order valence-corrected chi connectivity index (χ1v) is 11.4. The van der Waals surface area contributed by atoms with E-state index >= 15 is 4.39 Å². The fourth-order valence-electron chi connectivity index (χ4n) is 4.86. The standard InChI is InChI=1S/C28H26F3NO5/c1-14-17(27(34)35)7-8-18(25(14)31)23-24-20(10-15(29)11-21(24)33)32(26(23)28(2,3)13-36-4)16-6-9-19(30)22(12-16)37-5/h6-12,33H,13H2,1-5H3,(H,34,35). The van der Waals surface area contributed by atoms with E-state index in [4.69, 9.17) is 9.47 Å². The summed E-state index contributed by atoms with van der Waals surface area (Å²) in [4.78, 5) is 11.6. The van der Waals surface area contributed by atoms with Crippen molar-refractivity contribution in [3.05, 3.63) is 76.7 Å². The molecule has 0 fully saturated rings. The number of phenolic OH excluding ortho intramolecular Hbond substituents is 1. The van der Waals surface area contributed by atoms with Crippen molar-refractivity contribution >= 4 is 16.9 Å². The Morgan fingerprint density at radius 3 is 2.38 bits per heavy atom. The van der Waals surface area contributed by atoms with E-state index in [1.807, 2.05) is 13.8 Å². The number of hydrogen-bond donors (Lipinski definition) is 2. The minimum absolute atomic E-state index is 0.0152. The Morgan fingerprint density at radius 2 is 1.76 bits per heavy atom. The molecule has 3 aromatic carbocycles. The van der Waals surface area contributed by atoms with E-state index in [9.17, 15) is 23.8 Å². The molecule has 0 aliphatic heterocycles. The lowest BCUT2D eigenvalue weighted by atomic mass is 9.84. The maximum absolute atomic E-state index is 15.9. The summed E-state index contributed by atoms with van der Waals surface area (Å²) in [7, 11) is 2.81. The third-order valence-corrected chi connectivity index (χ3v) is 6.44. The molecule has 9 heteroatoms. The van der Waals surface area contributed by atoms with Crippen LogP contribution in [0.1, 0.15) is 35.5 Å². The number of fused-ring (bicyclic) bond motifs is 1. The van der Waals surface area contributed by atoms with Crippen molar-refractivity contribution in [1.82, 2.24) is 4.57 Å². The second kappa shape index (κ2) is 9.48. The lowest BCUT2D eigenvalue weighted by molar-refractivity contribution is 0.0695. The summed E-state index contributed by atoms with van der Waals surface area (Å²) in [6.45, 7) is 5.15. The van der Waals surface area contributed by atoms with Crippen LogP contribution in [-0.2, 0) is 10.2 Å². The molecule has 0 radical (unpaired) electrons. The van der Waals surface area contributed by atoms with Gasteiger partial charge in [0.05, 0.1) is 30.2 Å². The zero-order valence-electron chi connectivity index (χ0n) is 20.9. The number of methoxy groups -OCH3 is 2. The van der Waals surface area contributed by atoms with Crippen LogP contribution in [0.2, 0.25) is 0 Å². The average molecular weight is 514 g/mol. The summed E-state index contributed by atoms with van der Waals surface area (Å²) >= 11 is 0. The second-order valence-electron chi connectivity index (χ2n) is 9.42. The number of carboxylic acids is 1. The van der Waals surface area contributed by atoms with Crippen molar-refractivity contribution in [2.24, 2.45) is 0 Å². The molecule has 6 nitrogen and oxygen atoms in total. The topological polar surface area (TPSA) is 80.9 Å². The van der Waals surface area contributed by atoms with Crippen LogP contribution in [0.25, 0.3) is 27.7 Å². The molecular weight excluding hydrogens is 487 g/mol. The number of aromatic hydroxyl groups is 1. The maximum atomic E-state index is 15.9. The quantitative estimate of drug-likeness (QED) is 0.301. The summed E-state index contributed by atoms with van der Waals surface area (Å²) in [5.41, 5.74) is 0.0850. The highest BCUT2D eigenvalue weighted by Gasteiger charge is 2.35. The molecule has 2 N–H and O–H groups in total. The molecule has 1 heterocycles. The molecule has 194 valence electrons. The Balaban J connectivity index is 2.26. The van der Waals surface area contributed by atoms with Crippen molar-refractivity contribution < 1.29 is 37.7 Å². The van der Waals surface area contributed by atoms with Crippen molar-refractivity contribution in [3.63, 3.8) is 0 Å². The Labute approximate surface area is 211 Å². The Kier molecular flexibility index (Phi) is 6.68. The molecule has 0 bridgehead atoms. The molecule has 0 saturated carbocycles. The molecule has 0 atom stereocenters. The van der Waals surface area contributed by atoms with Gasteiger partial charge in [-0.1, -0.05) is 19.9 Å². The van der Waals surface area contributed by atoms with E-state index < -0.39 is 34.6 Å². The first-order valence-electron chi connectivity index (χ1n) is 11.4. The molecule has 0 aliphatic rings. The number of nitrogens with zero attached hydrogens (tertiary/aromatic N) is 1. The van der Waals surface area contributed by atoms with E-state index in [1.165, 1.54) is 57.5 Å². The van der Waals surface area contributed by atoms with Crippen LogP contribution in [0.4, 0.5) is 13.2 Å². The van der Waals surface area contributed by atoms with Gasteiger partial charge in [0.15, 0.2) is 11.6 Å². The smallest absolute Gasteiger partial charge is 0.336 e. The largest absolute Gasteiger partial charge is 0.507 e. The molecular formula is C28H26F3NO5. The number of benzene rings is 3. The number of rotatable bonds is 7. The van der Waals surface area contributed by atoms with Gasteiger partial charge in [0.1, 0.15) is 17.4 Å². The van der Waals surface area contributed by atoms with Gasteiger partial charge in [-0.2, -0.15) is 0 Å². The van der Waals surface area contributed by atoms with Gasteiger partial charge in [-0.15, -0.1) is 0 Å². The number of hydrogen-bond acceptors (Lipinski definition) is 4. The summed E-state index contributed by atoms with van der Waals surface area (Å²) in [5, 5.41) is 20.5. The first kappa shape index (κ1) is 26.1. The maximum Gasteiger partial charge on any atom is 0.336 e. The van der Waals surface area contributed by atoms with Crippen molar-refractivity contribution in [2.75, 3.05) is 20.8 Å². The van der Waals surface area contributed by atoms with Gasteiger partial charge in [0.25, 0.3) is 0 Å². The van der Waals surface area contributed by atoms with Crippen LogP contribution in [0.5, 0.6) is 11.5 Å². The van der Waals surface area contributed by atoms with E-state index in [0.29, 0.717) is 11.4 Å². The van der Waals surface area contributed by atoms with Gasteiger partial charge < -0.3 is 24.3 Å². The minimum Gasteiger partial charge on any atom is -0.507 e. The number of aromatic nitrogens is 1. The molecule has 1 aromatic heterocycles. The SMILES string of the molecule is COCC(C)(C)c1c(-c2ccc(C(=O)O)c(C)c2F)c2c(O)cc(F)cc2n1-c1ccc(F)c(OC)c1. The van der Waals surface area contributed by atoms with Crippen LogP contribution < -0.4 is 4.74 Å². The number of halogens is 3. The molecule has 4 rings (SSSR count). The van der Waals surface area contributed by atoms with E-state index in [-0.39, 0.29) is 45.5 Å². The lowest BCUT2D eigenvalue weighted by Gasteiger charge is -2.28. The zero-order chi connectivity index (χ0) is 27.2. The molecule has 4 aromatic rings. The number of carbonyl (C=O) groups is 1. The molecule has 0 unspecified atom stereocenters. The fourth-order valence-corrected chi connectivity index (χ4v) is 4.86. The number of aromatic carboxylic acids is 1. The van der Waals surface area contributed by atoms with Gasteiger partial charge in [0.2, 0.25) is 0 Å². The van der Waals surface area contributed by atoms with Gasteiger partial charge in [0, 0.05) is 47.2 Å². The fraction of sp³-hybridized carbons (Fsp3) is 0.250. The Morgan fingerprint density at radius 1 is 1.05 bits per heavy atom. The third kappa shape index (κ3) is 4.29. The highest BCUT2D eigenvalue weighted by molar-refractivity contribution is 6.04. The van der Waals surface area contributed by atoms with Crippen LogP contribution in [0.3, 0.4) is 0 Å². The number of phenols is 1. The van der Waals surface area contributed by atoms with E-state index in [2.05, 4.69) is 0 Å². The predicted molar refractivity (Wildman–Crippen MR) is 133 cm³/mol. The van der Waals surface area contributed by atoms with Gasteiger partial charge >= 0.3 is 5.97 Å². The predicted octanol–water partition coefficient (Wildman–Crippen LogP) is 6.36. The van der Waals surface area contributed by atoms with E-state index in [1.54, 1.807) is 4.57 Å². The monoisotopic (exact) mass is 513 g/mol. The van der Waals surface area contributed by atoms with Crippen LogP contribution in [0.15, 0.2) is 42.5 Å². The summed E-state index contributed by atoms with van der Waals surface area (Å²) in [6.07, 6.45) is 0. The first-order chi connectivity index (χ1) is 17.4. The van der Waals surface area contributed by atoms with Gasteiger partial charge in [-0.25, -0.2) is 18.0 Å². The molecule has 0 aliphatic carbocycles. The Bertz CT molecular complexity index is 1540. The number of carboxylic acid groups (broad SMARTS) is 1. The molecule has 0 saturated heterocycles. The third-order valence-electron chi connectivity index (χ3n) is 6.44. The molecule has 0 spiro atoms. The van der Waals surface area contributed by atoms with Crippen LogP contribution in [-0.4, -0.2) is 41.6 Å². The second-order valence-corrected chi connectivity index (χ2v) is 9.42. The van der Waals surface area contributed by atoms with Crippen LogP contribution in [0, 0.1) is 24.4 Å². The molecule has 37 heavy (non-hydrogen) atoms. The highest BCUT2D eigenvalue weighted by atomic mass is 19.1. The summed E-state index contributed by atoms with van der Waals surface area (Å²) in [5.74, 6) is -3.93.